The summed E-state index contributed by atoms with van der Waals surface area (Å²) in [5.74, 6) is -0.309. The maximum atomic E-state index is 12.6. The molecule has 1 aromatic carbocycles. The van der Waals surface area contributed by atoms with Crippen LogP contribution in [0.15, 0.2) is 36.7 Å². The van der Waals surface area contributed by atoms with Crippen LogP contribution >= 0.6 is 11.6 Å². The van der Waals surface area contributed by atoms with Crippen LogP contribution in [-0.4, -0.2) is 39.6 Å². The van der Waals surface area contributed by atoms with Crippen molar-refractivity contribution in [2.75, 3.05) is 18.4 Å². The van der Waals surface area contributed by atoms with E-state index in [-0.39, 0.29) is 17.7 Å². The van der Waals surface area contributed by atoms with Gasteiger partial charge in [-0.15, -0.1) is 0 Å². The molecule has 0 radical (unpaired) electrons. The van der Waals surface area contributed by atoms with Crippen molar-refractivity contribution >= 4 is 29.1 Å². The number of piperidine rings is 1. The number of rotatable bonds is 3. The summed E-state index contributed by atoms with van der Waals surface area (Å²) in [7, 11) is 0. The summed E-state index contributed by atoms with van der Waals surface area (Å²) in [5.41, 5.74) is 1.24. The summed E-state index contributed by atoms with van der Waals surface area (Å²) < 4.78 is 1.63. The topological polar surface area (TPSA) is 67.2 Å². The minimum absolute atomic E-state index is 0.00693. The quantitative estimate of drug-likeness (QED) is 0.929. The number of nitrogens with one attached hydrogen (secondary N) is 1. The number of carbonyl (C=O) groups excluding carboxylic acids is 2. The lowest BCUT2D eigenvalue weighted by Gasteiger charge is -2.31. The van der Waals surface area contributed by atoms with Gasteiger partial charge in [-0.3, -0.25) is 9.59 Å². The number of hydrogen-bond donors (Lipinski definition) is 1. The molecule has 0 aliphatic carbocycles. The normalized spacial score (nSPS) is 17.6. The zero-order valence-corrected chi connectivity index (χ0v) is 14.2. The van der Waals surface area contributed by atoms with E-state index in [0.717, 1.165) is 19.4 Å². The summed E-state index contributed by atoms with van der Waals surface area (Å²) in [6.07, 6.45) is 5.03. The highest BCUT2D eigenvalue weighted by Gasteiger charge is 2.27. The zero-order valence-electron chi connectivity index (χ0n) is 13.4. The number of para-hydroxylation sites is 1. The summed E-state index contributed by atoms with van der Waals surface area (Å²) in [5, 5.41) is 7.64. The lowest BCUT2D eigenvalue weighted by atomic mass is 9.97. The van der Waals surface area contributed by atoms with Crippen LogP contribution in [0.2, 0.25) is 5.02 Å². The molecule has 2 amide bonds. The number of nitrogens with zero attached hydrogens (tertiary/aromatic N) is 3. The summed E-state index contributed by atoms with van der Waals surface area (Å²) >= 11 is 6.29. The van der Waals surface area contributed by atoms with Crippen molar-refractivity contribution in [1.29, 1.82) is 0 Å². The average Bonchev–Trinajstić information content (AvgIpc) is 3.09. The molecule has 1 aromatic heterocycles. The van der Waals surface area contributed by atoms with Gasteiger partial charge in [0.2, 0.25) is 11.8 Å². The van der Waals surface area contributed by atoms with Crippen LogP contribution in [0.4, 0.5) is 5.69 Å². The number of likely N-dealkylation sites (tertiary alicyclic amines) is 1. The first-order valence-electron chi connectivity index (χ1n) is 7.91. The maximum absolute atomic E-state index is 12.6. The fraction of sp³-hybridized carbons (Fsp3) is 0.353. The number of aromatic nitrogens is 2. The van der Waals surface area contributed by atoms with E-state index < -0.39 is 0 Å². The molecule has 2 heterocycles. The fourth-order valence-corrected chi connectivity index (χ4v) is 3.22. The van der Waals surface area contributed by atoms with E-state index in [1.165, 1.54) is 6.92 Å². The van der Waals surface area contributed by atoms with Gasteiger partial charge in [0, 0.05) is 32.4 Å². The van der Waals surface area contributed by atoms with Crippen LogP contribution in [-0.2, 0) is 9.59 Å². The Bertz CT molecular complexity index is 745. The molecule has 24 heavy (non-hydrogen) atoms. The third-order valence-electron chi connectivity index (χ3n) is 4.22. The van der Waals surface area contributed by atoms with Gasteiger partial charge in [0.15, 0.2) is 0 Å². The van der Waals surface area contributed by atoms with Gasteiger partial charge < -0.3 is 10.2 Å². The van der Waals surface area contributed by atoms with Crippen molar-refractivity contribution in [1.82, 2.24) is 14.7 Å². The smallest absolute Gasteiger partial charge is 0.229 e. The molecule has 7 heteroatoms. The highest BCUT2D eigenvalue weighted by molar-refractivity contribution is 6.33. The van der Waals surface area contributed by atoms with E-state index >= 15 is 0 Å². The molecule has 2 aromatic rings. The largest absolute Gasteiger partial charge is 0.342 e. The minimum Gasteiger partial charge on any atom is -0.342 e. The minimum atomic E-state index is -0.216. The van der Waals surface area contributed by atoms with Crippen LogP contribution < -0.4 is 5.32 Å². The van der Waals surface area contributed by atoms with Crippen molar-refractivity contribution in [3.8, 4) is 5.69 Å². The molecule has 1 fully saturated rings. The highest BCUT2D eigenvalue weighted by Crippen LogP contribution is 2.29. The van der Waals surface area contributed by atoms with Crippen LogP contribution in [0, 0.1) is 5.92 Å². The molecule has 0 spiro atoms. The third kappa shape index (κ3) is 3.43. The summed E-state index contributed by atoms with van der Waals surface area (Å²) in [6.45, 7) is 2.71. The predicted octanol–water partition coefficient (Wildman–Crippen LogP) is 2.72. The molecule has 1 saturated heterocycles. The molecule has 1 aliphatic heterocycles. The second kappa shape index (κ2) is 7.05. The van der Waals surface area contributed by atoms with Crippen molar-refractivity contribution < 1.29 is 9.59 Å². The molecule has 1 atom stereocenters. The summed E-state index contributed by atoms with van der Waals surface area (Å²) in [6, 6.07) is 7.13. The first kappa shape index (κ1) is 16.5. The van der Waals surface area contributed by atoms with E-state index in [1.807, 2.05) is 0 Å². The van der Waals surface area contributed by atoms with Crippen LogP contribution in [0.5, 0.6) is 0 Å². The Hall–Kier alpha value is -2.34. The van der Waals surface area contributed by atoms with E-state index in [0.29, 0.717) is 22.9 Å². The lowest BCUT2D eigenvalue weighted by molar-refractivity contribution is -0.132. The molecule has 1 N–H and O–H groups in total. The van der Waals surface area contributed by atoms with Crippen molar-refractivity contribution in [3.05, 3.63) is 41.7 Å². The van der Waals surface area contributed by atoms with Gasteiger partial charge in [-0.25, -0.2) is 4.68 Å². The number of amides is 2. The average molecular weight is 347 g/mol. The summed E-state index contributed by atoms with van der Waals surface area (Å²) in [4.78, 5) is 25.9. The lowest BCUT2D eigenvalue weighted by Crippen LogP contribution is -2.42. The number of anilines is 1. The predicted molar refractivity (Wildman–Crippen MR) is 92.2 cm³/mol. The van der Waals surface area contributed by atoms with Gasteiger partial charge in [0.25, 0.3) is 0 Å². The van der Waals surface area contributed by atoms with Crippen molar-refractivity contribution in [2.24, 2.45) is 5.92 Å². The molecule has 126 valence electrons. The van der Waals surface area contributed by atoms with Crippen molar-refractivity contribution in [3.63, 3.8) is 0 Å². The number of hydrogen-bond acceptors (Lipinski definition) is 3. The molecule has 3 rings (SSSR count). The Morgan fingerprint density at radius 2 is 2.17 bits per heavy atom. The zero-order chi connectivity index (χ0) is 17.1. The Labute approximate surface area is 145 Å². The molecule has 0 saturated carbocycles. The standard InChI is InChI=1S/C17H19ClN4O2/c1-12(23)21-9-3-5-13(11-21)17(24)20-15-7-2-6-14(18)16(15)22-10-4-8-19-22/h2,4,6-8,10,13H,3,5,9,11H2,1H3,(H,20,24)/t13-/m0/s1. The molecule has 1 aliphatic rings. The molecular weight excluding hydrogens is 328 g/mol. The number of carbonyl (C=O) groups is 2. The molecular formula is C17H19ClN4O2. The van der Waals surface area contributed by atoms with Gasteiger partial charge in [0.1, 0.15) is 5.69 Å². The Morgan fingerprint density at radius 3 is 2.88 bits per heavy atom. The molecule has 6 nitrogen and oxygen atoms in total. The second-order valence-electron chi connectivity index (χ2n) is 5.88. The highest BCUT2D eigenvalue weighted by atomic mass is 35.5. The van der Waals surface area contributed by atoms with Gasteiger partial charge in [0.05, 0.1) is 16.6 Å². The van der Waals surface area contributed by atoms with Crippen LogP contribution in [0.25, 0.3) is 5.69 Å². The van der Waals surface area contributed by atoms with E-state index in [9.17, 15) is 9.59 Å². The number of halogens is 1. The van der Waals surface area contributed by atoms with E-state index in [1.54, 1.807) is 46.2 Å². The fourth-order valence-electron chi connectivity index (χ4n) is 2.96. The Balaban J connectivity index is 1.80. The van der Waals surface area contributed by atoms with Gasteiger partial charge in [-0.05, 0) is 31.0 Å². The Kier molecular flexibility index (Phi) is 4.85. The SMILES string of the molecule is CC(=O)N1CCC[C@H](C(=O)Nc2cccc(Cl)c2-n2cccn2)C1. The maximum Gasteiger partial charge on any atom is 0.229 e. The van der Waals surface area contributed by atoms with Gasteiger partial charge in [-0.1, -0.05) is 17.7 Å². The first-order chi connectivity index (χ1) is 11.6. The van der Waals surface area contributed by atoms with E-state index in [2.05, 4.69) is 10.4 Å². The first-order valence-corrected chi connectivity index (χ1v) is 8.29. The second-order valence-corrected chi connectivity index (χ2v) is 6.29. The van der Waals surface area contributed by atoms with Crippen LogP contribution in [0.1, 0.15) is 19.8 Å². The third-order valence-corrected chi connectivity index (χ3v) is 4.52. The molecule has 0 bridgehead atoms. The number of benzene rings is 1. The van der Waals surface area contributed by atoms with Crippen LogP contribution in [0.3, 0.4) is 0 Å². The van der Waals surface area contributed by atoms with Crippen molar-refractivity contribution in [2.45, 2.75) is 19.8 Å². The monoisotopic (exact) mass is 346 g/mol. The van der Waals surface area contributed by atoms with Gasteiger partial charge >= 0.3 is 0 Å². The Morgan fingerprint density at radius 1 is 1.33 bits per heavy atom. The van der Waals surface area contributed by atoms with Gasteiger partial charge in [-0.2, -0.15) is 5.10 Å². The van der Waals surface area contributed by atoms with E-state index in [4.69, 9.17) is 11.6 Å². The molecule has 0 unspecified atom stereocenters.